The van der Waals surface area contributed by atoms with Crippen molar-refractivity contribution in [3.8, 4) is 0 Å². The summed E-state index contributed by atoms with van der Waals surface area (Å²) in [5.41, 5.74) is 2.01. The molecule has 1 aromatic carbocycles. The Bertz CT molecular complexity index is 480. The summed E-state index contributed by atoms with van der Waals surface area (Å²) in [7, 11) is 0. The first-order valence-electron chi connectivity index (χ1n) is 7.78. The topological polar surface area (TPSA) is 53.6 Å². The molecule has 0 spiro atoms. The Kier molecular flexibility index (Phi) is 4.72. The van der Waals surface area contributed by atoms with Crippen molar-refractivity contribution in [2.45, 2.75) is 12.8 Å². The predicted octanol–water partition coefficient (Wildman–Crippen LogP) is 1.46. The number of hydrogen-bond donors (Lipinski definition) is 2. The molecule has 0 bridgehead atoms. The van der Waals surface area contributed by atoms with E-state index < -0.39 is 0 Å². The number of nitrogens with zero attached hydrogens (tertiary/aromatic N) is 1. The van der Waals surface area contributed by atoms with E-state index in [9.17, 15) is 4.79 Å². The van der Waals surface area contributed by atoms with Gasteiger partial charge in [-0.2, -0.15) is 0 Å². The van der Waals surface area contributed by atoms with Gasteiger partial charge in [0.2, 0.25) is 5.91 Å². The van der Waals surface area contributed by atoms with E-state index in [0.29, 0.717) is 0 Å². The van der Waals surface area contributed by atoms with Crippen LogP contribution in [0.1, 0.15) is 12.8 Å². The smallest absolute Gasteiger partial charge is 0.228 e. The van der Waals surface area contributed by atoms with Gasteiger partial charge >= 0.3 is 0 Å². The molecule has 2 fully saturated rings. The fourth-order valence-electron chi connectivity index (χ4n) is 2.97. The molecule has 0 saturated carbocycles. The maximum Gasteiger partial charge on any atom is 0.228 e. The summed E-state index contributed by atoms with van der Waals surface area (Å²) in [6, 6.07) is 8.04. The third-order valence-electron chi connectivity index (χ3n) is 4.18. The van der Waals surface area contributed by atoms with E-state index in [1.165, 1.54) is 0 Å². The highest BCUT2D eigenvalue weighted by molar-refractivity contribution is 5.96. The predicted molar refractivity (Wildman–Crippen MR) is 83.7 cm³/mol. The van der Waals surface area contributed by atoms with Crippen molar-refractivity contribution in [2.75, 3.05) is 49.6 Å². The minimum atomic E-state index is 0.0801. The number of piperidine rings is 1. The lowest BCUT2D eigenvalue weighted by molar-refractivity contribution is -0.120. The highest BCUT2D eigenvalue weighted by Gasteiger charge is 2.22. The van der Waals surface area contributed by atoms with Crippen LogP contribution in [0.15, 0.2) is 24.3 Å². The molecule has 5 nitrogen and oxygen atoms in total. The number of carbonyl (C=O) groups is 1. The lowest BCUT2D eigenvalue weighted by Gasteiger charge is -2.31. The second kappa shape index (κ2) is 6.91. The number of para-hydroxylation sites is 2. The van der Waals surface area contributed by atoms with Gasteiger partial charge in [-0.15, -0.1) is 0 Å². The maximum absolute atomic E-state index is 12.4. The van der Waals surface area contributed by atoms with Gasteiger partial charge in [0.05, 0.1) is 30.5 Å². The zero-order valence-corrected chi connectivity index (χ0v) is 12.3. The standard InChI is InChI=1S/C16H23N3O2/c20-16(13-4-3-7-17-12-13)18-14-5-1-2-6-15(14)19-8-10-21-11-9-19/h1-2,5-6,13,17H,3-4,7-12H2,(H,18,20)/t13-/m0/s1. The first kappa shape index (κ1) is 14.4. The molecule has 0 unspecified atom stereocenters. The van der Waals surface area contributed by atoms with Gasteiger partial charge in [0.15, 0.2) is 0 Å². The van der Waals surface area contributed by atoms with Gasteiger partial charge in [-0.25, -0.2) is 0 Å². The van der Waals surface area contributed by atoms with Crippen LogP contribution in [-0.4, -0.2) is 45.3 Å². The molecule has 3 rings (SSSR count). The van der Waals surface area contributed by atoms with E-state index in [1.807, 2.05) is 18.2 Å². The average molecular weight is 289 g/mol. The third kappa shape index (κ3) is 3.54. The van der Waals surface area contributed by atoms with Gasteiger partial charge in [-0.3, -0.25) is 4.79 Å². The molecule has 114 valence electrons. The summed E-state index contributed by atoms with van der Waals surface area (Å²) in [5, 5.41) is 6.41. The highest BCUT2D eigenvalue weighted by Crippen LogP contribution is 2.27. The number of benzene rings is 1. The molecule has 0 aliphatic carbocycles. The Morgan fingerprint density at radius 3 is 2.86 bits per heavy atom. The fraction of sp³-hybridized carbons (Fsp3) is 0.562. The van der Waals surface area contributed by atoms with Gasteiger partial charge in [0, 0.05) is 19.6 Å². The fourth-order valence-corrected chi connectivity index (χ4v) is 2.97. The second-order valence-corrected chi connectivity index (χ2v) is 5.65. The van der Waals surface area contributed by atoms with E-state index in [0.717, 1.165) is 63.6 Å². The molecule has 21 heavy (non-hydrogen) atoms. The zero-order chi connectivity index (χ0) is 14.5. The number of ether oxygens (including phenoxy) is 1. The van der Waals surface area contributed by atoms with Crippen LogP contribution >= 0.6 is 0 Å². The minimum absolute atomic E-state index is 0.0801. The Morgan fingerprint density at radius 1 is 1.29 bits per heavy atom. The Balaban J connectivity index is 1.70. The molecule has 2 aliphatic rings. The molecule has 5 heteroatoms. The van der Waals surface area contributed by atoms with Gasteiger partial charge in [-0.05, 0) is 31.5 Å². The number of hydrogen-bond acceptors (Lipinski definition) is 4. The van der Waals surface area contributed by atoms with Gasteiger partial charge in [0.25, 0.3) is 0 Å². The van der Waals surface area contributed by atoms with Crippen molar-refractivity contribution >= 4 is 17.3 Å². The molecule has 0 aromatic heterocycles. The van der Waals surface area contributed by atoms with Gasteiger partial charge in [0.1, 0.15) is 0 Å². The molecule has 2 N–H and O–H groups in total. The Hall–Kier alpha value is -1.59. The minimum Gasteiger partial charge on any atom is -0.378 e. The Morgan fingerprint density at radius 2 is 2.10 bits per heavy atom. The van der Waals surface area contributed by atoms with E-state index in [1.54, 1.807) is 0 Å². The van der Waals surface area contributed by atoms with Crippen LogP contribution in [-0.2, 0) is 9.53 Å². The average Bonchev–Trinajstić information content (AvgIpc) is 2.57. The molecular formula is C16H23N3O2. The van der Waals surface area contributed by atoms with Crippen LogP contribution in [0.3, 0.4) is 0 Å². The third-order valence-corrected chi connectivity index (χ3v) is 4.18. The number of rotatable bonds is 3. The summed E-state index contributed by atoms with van der Waals surface area (Å²) >= 11 is 0. The van der Waals surface area contributed by atoms with Crippen molar-refractivity contribution in [1.29, 1.82) is 0 Å². The summed E-state index contributed by atoms with van der Waals surface area (Å²) in [5.74, 6) is 0.208. The highest BCUT2D eigenvalue weighted by atomic mass is 16.5. The van der Waals surface area contributed by atoms with Crippen LogP contribution in [0.2, 0.25) is 0 Å². The van der Waals surface area contributed by atoms with E-state index in [2.05, 4.69) is 21.6 Å². The summed E-state index contributed by atoms with van der Waals surface area (Å²) in [6.07, 6.45) is 2.04. The SMILES string of the molecule is O=C(Nc1ccccc1N1CCOCC1)[C@H]1CCCNC1. The number of amides is 1. The number of carbonyl (C=O) groups excluding carboxylic acids is 1. The van der Waals surface area contributed by atoms with Crippen LogP contribution in [0.5, 0.6) is 0 Å². The molecule has 2 saturated heterocycles. The molecular weight excluding hydrogens is 266 g/mol. The van der Waals surface area contributed by atoms with Gasteiger partial charge in [-0.1, -0.05) is 12.1 Å². The number of nitrogens with one attached hydrogen (secondary N) is 2. The van der Waals surface area contributed by atoms with Crippen molar-refractivity contribution in [3.05, 3.63) is 24.3 Å². The quantitative estimate of drug-likeness (QED) is 0.884. The molecule has 0 radical (unpaired) electrons. The molecule has 1 aromatic rings. The van der Waals surface area contributed by atoms with Crippen molar-refractivity contribution in [2.24, 2.45) is 5.92 Å². The van der Waals surface area contributed by atoms with Crippen molar-refractivity contribution in [1.82, 2.24) is 5.32 Å². The van der Waals surface area contributed by atoms with Crippen molar-refractivity contribution in [3.63, 3.8) is 0 Å². The van der Waals surface area contributed by atoms with E-state index in [-0.39, 0.29) is 11.8 Å². The number of morpholine rings is 1. The lowest BCUT2D eigenvalue weighted by Crippen LogP contribution is -2.39. The zero-order valence-electron chi connectivity index (χ0n) is 12.3. The summed E-state index contributed by atoms with van der Waals surface area (Å²) in [4.78, 5) is 14.7. The van der Waals surface area contributed by atoms with Crippen LogP contribution in [0.25, 0.3) is 0 Å². The van der Waals surface area contributed by atoms with Crippen LogP contribution in [0, 0.1) is 5.92 Å². The monoisotopic (exact) mass is 289 g/mol. The summed E-state index contributed by atoms with van der Waals surface area (Å²) in [6.45, 7) is 5.04. The first-order valence-corrected chi connectivity index (χ1v) is 7.78. The molecule has 1 amide bonds. The first-order chi connectivity index (χ1) is 10.3. The molecule has 2 aliphatic heterocycles. The Labute approximate surface area is 125 Å². The summed E-state index contributed by atoms with van der Waals surface area (Å²) < 4.78 is 5.40. The van der Waals surface area contributed by atoms with Crippen molar-refractivity contribution < 1.29 is 9.53 Å². The van der Waals surface area contributed by atoms with Crippen LogP contribution < -0.4 is 15.5 Å². The molecule has 1 atom stereocenters. The van der Waals surface area contributed by atoms with Gasteiger partial charge < -0.3 is 20.3 Å². The maximum atomic E-state index is 12.4. The van der Waals surface area contributed by atoms with E-state index >= 15 is 0 Å². The second-order valence-electron chi connectivity index (χ2n) is 5.65. The van der Waals surface area contributed by atoms with E-state index in [4.69, 9.17) is 4.74 Å². The lowest BCUT2D eigenvalue weighted by atomic mass is 9.98. The normalized spacial score (nSPS) is 22.9. The number of anilines is 2. The largest absolute Gasteiger partial charge is 0.378 e. The molecule has 2 heterocycles. The van der Waals surface area contributed by atoms with Crippen LogP contribution in [0.4, 0.5) is 11.4 Å².